The van der Waals surface area contributed by atoms with Crippen molar-refractivity contribution < 1.29 is 14.6 Å². The molecule has 2 saturated carbocycles. The Labute approximate surface area is 171 Å². The lowest BCUT2D eigenvalue weighted by atomic mass is 9.87. The van der Waals surface area contributed by atoms with E-state index in [1.807, 2.05) is 6.07 Å². The van der Waals surface area contributed by atoms with Crippen molar-refractivity contribution in [2.24, 2.45) is 11.8 Å². The number of aromatic nitrogens is 2. The molecule has 0 radical (unpaired) electrons. The molecule has 2 fully saturated rings. The SMILES string of the molecule is OCC1C(O)CC(NC2CCCCC2)C1Cc1ccnc(-c2ccccc2F)n1. The van der Waals surface area contributed by atoms with Gasteiger partial charge in [0, 0.05) is 36.5 Å². The van der Waals surface area contributed by atoms with Crippen LogP contribution in [0.5, 0.6) is 0 Å². The van der Waals surface area contributed by atoms with Crippen LogP contribution in [-0.2, 0) is 6.42 Å². The zero-order valence-electron chi connectivity index (χ0n) is 16.7. The van der Waals surface area contributed by atoms with Crippen LogP contribution in [0.25, 0.3) is 11.4 Å². The summed E-state index contributed by atoms with van der Waals surface area (Å²) in [6.07, 6.45) is 8.56. The molecule has 4 unspecified atom stereocenters. The van der Waals surface area contributed by atoms with Crippen LogP contribution in [0.1, 0.15) is 44.2 Å². The van der Waals surface area contributed by atoms with Gasteiger partial charge in [-0.25, -0.2) is 14.4 Å². The van der Waals surface area contributed by atoms with Crippen LogP contribution >= 0.6 is 0 Å². The van der Waals surface area contributed by atoms with Gasteiger partial charge in [-0.1, -0.05) is 31.4 Å². The van der Waals surface area contributed by atoms with Gasteiger partial charge in [0.25, 0.3) is 0 Å². The highest BCUT2D eigenvalue weighted by molar-refractivity contribution is 5.55. The molecule has 2 aromatic rings. The molecule has 156 valence electrons. The van der Waals surface area contributed by atoms with E-state index < -0.39 is 6.10 Å². The zero-order chi connectivity index (χ0) is 20.2. The highest BCUT2D eigenvalue weighted by Gasteiger charge is 2.42. The molecular formula is C23H30FN3O2. The van der Waals surface area contributed by atoms with E-state index in [1.54, 1.807) is 24.4 Å². The maximum atomic E-state index is 14.1. The maximum Gasteiger partial charge on any atom is 0.162 e. The first-order valence-corrected chi connectivity index (χ1v) is 10.8. The smallest absolute Gasteiger partial charge is 0.162 e. The van der Waals surface area contributed by atoms with Gasteiger partial charge in [0.1, 0.15) is 5.82 Å². The molecule has 0 bridgehead atoms. The van der Waals surface area contributed by atoms with Crippen LogP contribution in [0.3, 0.4) is 0 Å². The Morgan fingerprint density at radius 2 is 1.86 bits per heavy atom. The number of nitrogens with one attached hydrogen (secondary N) is 1. The number of aliphatic hydroxyl groups is 2. The predicted octanol–water partition coefficient (Wildman–Crippen LogP) is 3.11. The molecule has 1 aromatic carbocycles. The predicted molar refractivity (Wildman–Crippen MR) is 110 cm³/mol. The van der Waals surface area contributed by atoms with Crippen molar-refractivity contribution in [3.8, 4) is 11.4 Å². The van der Waals surface area contributed by atoms with Crippen LogP contribution in [0.2, 0.25) is 0 Å². The Bertz CT molecular complexity index is 812. The van der Waals surface area contributed by atoms with Crippen LogP contribution < -0.4 is 5.32 Å². The minimum Gasteiger partial charge on any atom is -0.396 e. The average molecular weight is 400 g/mol. The first kappa shape index (κ1) is 20.4. The molecule has 0 amide bonds. The van der Waals surface area contributed by atoms with Crippen molar-refractivity contribution in [3.63, 3.8) is 0 Å². The molecular weight excluding hydrogens is 369 g/mol. The molecule has 0 spiro atoms. The van der Waals surface area contributed by atoms with E-state index in [2.05, 4.69) is 15.3 Å². The van der Waals surface area contributed by atoms with Gasteiger partial charge in [-0.3, -0.25) is 0 Å². The van der Waals surface area contributed by atoms with E-state index in [-0.39, 0.29) is 30.3 Å². The van der Waals surface area contributed by atoms with Crippen molar-refractivity contribution in [2.75, 3.05) is 6.61 Å². The van der Waals surface area contributed by atoms with Gasteiger partial charge in [0.2, 0.25) is 0 Å². The first-order chi connectivity index (χ1) is 14.2. The molecule has 4 rings (SSSR count). The summed E-state index contributed by atoms with van der Waals surface area (Å²) in [5.74, 6) is -0.0641. The van der Waals surface area contributed by atoms with Gasteiger partial charge in [0.15, 0.2) is 5.82 Å². The Morgan fingerprint density at radius 1 is 1.07 bits per heavy atom. The molecule has 0 aliphatic heterocycles. The molecule has 4 atom stereocenters. The van der Waals surface area contributed by atoms with Gasteiger partial charge < -0.3 is 15.5 Å². The first-order valence-electron chi connectivity index (χ1n) is 10.8. The second-order valence-electron chi connectivity index (χ2n) is 8.48. The standard InChI is InChI=1S/C23H30FN3O2/c24-20-9-5-4-8-17(20)23-25-11-10-16(27-23)12-18-19(14-28)22(29)13-21(18)26-15-6-2-1-3-7-15/h4-5,8-11,15,18-19,21-22,26,28-29H,1-3,6-7,12-14H2. The normalized spacial score (nSPS) is 28.0. The molecule has 2 aliphatic rings. The monoisotopic (exact) mass is 399 g/mol. The van der Waals surface area contributed by atoms with Crippen molar-refractivity contribution in [2.45, 2.75) is 63.1 Å². The largest absolute Gasteiger partial charge is 0.396 e. The second kappa shape index (κ2) is 9.28. The topological polar surface area (TPSA) is 78.3 Å². The molecule has 6 heteroatoms. The summed E-state index contributed by atoms with van der Waals surface area (Å²) in [4.78, 5) is 8.85. The third-order valence-corrected chi connectivity index (χ3v) is 6.60. The van der Waals surface area contributed by atoms with E-state index in [9.17, 15) is 14.6 Å². The van der Waals surface area contributed by atoms with E-state index in [0.29, 0.717) is 30.3 Å². The third kappa shape index (κ3) is 4.65. The molecule has 1 aromatic heterocycles. The number of aliphatic hydroxyl groups excluding tert-OH is 2. The number of hydrogen-bond donors (Lipinski definition) is 3. The van der Waals surface area contributed by atoms with E-state index >= 15 is 0 Å². The van der Waals surface area contributed by atoms with Gasteiger partial charge in [-0.05, 0) is 49.8 Å². The van der Waals surface area contributed by atoms with Crippen molar-refractivity contribution in [3.05, 3.63) is 48.0 Å². The second-order valence-corrected chi connectivity index (χ2v) is 8.48. The number of benzene rings is 1. The van der Waals surface area contributed by atoms with Crippen molar-refractivity contribution in [1.29, 1.82) is 0 Å². The lowest BCUT2D eigenvalue weighted by Crippen LogP contribution is -2.43. The summed E-state index contributed by atoms with van der Waals surface area (Å²) in [6, 6.07) is 8.99. The van der Waals surface area contributed by atoms with E-state index in [0.717, 1.165) is 5.69 Å². The Hall–Kier alpha value is -1.89. The van der Waals surface area contributed by atoms with Crippen LogP contribution in [0, 0.1) is 17.7 Å². The van der Waals surface area contributed by atoms with Gasteiger partial charge in [-0.2, -0.15) is 0 Å². The summed E-state index contributed by atoms with van der Waals surface area (Å²) in [5.41, 5.74) is 1.20. The van der Waals surface area contributed by atoms with E-state index in [4.69, 9.17) is 0 Å². The van der Waals surface area contributed by atoms with Gasteiger partial charge in [-0.15, -0.1) is 0 Å². The molecule has 1 heterocycles. The number of nitrogens with zero attached hydrogens (tertiary/aromatic N) is 2. The molecule has 29 heavy (non-hydrogen) atoms. The average Bonchev–Trinajstić information content (AvgIpc) is 3.03. The van der Waals surface area contributed by atoms with Gasteiger partial charge in [0.05, 0.1) is 11.7 Å². The molecule has 3 N–H and O–H groups in total. The molecule has 2 aliphatic carbocycles. The lowest BCUT2D eigenvalue weighted by molar-refractivity contribution is 0.0715. The highest BCUT2D eigenvalue weighted by atomic mass is 19.1. The molecule has 5 nitrogen and oxygen atoms in total. The molecule has 0 saturated heterocycles. The summed E-state index contributed by atoms with van der Waals surface area (Å²) in [7, 11) is 0. The highest BCUT2D eigenvalue weighted by Crippen LogP contribution is 2.36. The Balaban J connectivity index is 1.53. The summed E-state index contributed by atoms with van der Waals surface area (Å²) in [5, 5.41) is 24.2. The number of rotatable bonds is 6. The lowest BCUT2D eigenvalue weighted by Gasteiger charge is -2.31. The van der Waals surface area contributed by atoms with Crippen LogP contribution in [-0.4, -0.2) is 45.0 Å². The Morgan fingerprint density at radius 3 is 2.62 bits per heavy atom. The fraction of sp³-hybridized carbons (Fsp3) is 0.565. The number of hydrogen-bond acceptors (Lipinski definition) is 5. The maximum absolute atomic E-state index is 14.1. The van der Waals surface area contributed by atoms with Crippen molar-refractivity contribution >= 4 is 0 Å². The summed E-state index contributed by atoms with van der Waals surface area (Å²) >= 11 is 0. The third-order valence-electron chi connectivity index (χ3n) is 6.60. The van der Waals surface area contributed by atoms with Crippen LogP contribution in [0.4, 0.5) is 4.39 Å². The minimum absolute atomic E-state index is 0.0417. The summed E-state index contributed by atoms with van der Waals surface area (Å²) < 4.78 is 14.1. The number of halogens is 1. The Kier molecular flexibility index (Phi) is 6.53. The zero-order valence-corrected chi connectivity index (χ0v) is 16.7. The fourth-order valence-electron chi connectivity index (χ4n) is 5.03. The quantitative estimate of drug-likeness (QED) is 0.696. The van der Waals surface area contributed by atoms with Crippen molar-refractivity contribution in [1.82, 2.24) is 15.3 Å². The van der Waals surface area contributed by atoms with Crippen LogP contribution in [0.15, 0.2) is 36.5 Å². The van der Waals surface area contributed by atoms with Gasteiger partial charge >= 0.3 is 0 Å². The fourth-order valence-corrected chi connectivity index (χ4v) is 5.03. The summed E-state index contributed by atoms with van der Waals surface area (Å²) in [6.45, 7) is -0.0417. The van der Waals surface area contributed by atoms with E-state index in [1.165, 1.54) is 38.2 Å². The minimum atomic E-state index is -0.515.